The molecule has 1 aromatic heterocycles. The zero-order valence-electron chi connectivity index (χ0n) is 12.7. The molecule has 0 saturated heterocycles. The molecule has 1 heterocycles. The number of hydrogen-bond acceptors (Lipinski definition) is 3. The Balaban J connectivity index is 0.00000172. The normalized spacial score (nSPS) is 9.70. The largest absolute Gasteiger partial charge is 0.477 e. The van der Waals surface area contributed by atoms with Gasteiger partial charge in [0.25, 0.3) is 0 Å². The summed E-state index contributed by atoms with van der Waals surface area (Å²) in [7, 11) is 0. The highest BCUT2D eigenvalue weighted by Gasteiger charge is 2.16. The predicted octanol–water partition coefficient (Wildman–Crippen LogP) is 3.10. The van der Waals surface area contributed by atoms with Gasteiger partial charge in [-0.15, -0.1) is 0 Å². The average Bonchev–Trinajstić information content (AvgIpc) is 2.38. The number of allylic oxidation sites excluding steroid dienone is 1. The van der Waals surface area contributed by atoms with Crippen LogP contribution in [0.3, 0.4) is 0 Å². The molecule has 2 N–H and O–H groups in total. The number of carboxylic acid groups (broad SMARTS) is 1. The summed E-state index contributed by atoms with van der Waals surface area (Å²) in [5, 5.41) is 16.8. The molecule has 0 aromatic carbocycles. The molecule has 5 heteroatoms. The third-order valence-electron chi connectivity index (χ3n) is 2.55. The van der Waals surface area contributed by atoms with E-state index in [2.05, 4.69) is 6.58 Å². The van der Waals surface area contributed by atoms with Crippen LogP contribution < -0.4 is 5.43 Å². The van der Waals surface area contributed by atoms with Crippen LogP contribution in [0.4, 0.5) is 0 Å². The second-order valence-electron chi connectivity index (χ2n) is 4.40. The van der Waals surface area contributed by atoms with Crippen molar-refractivity contribution < 1.29 is 9.90 Å². The van der Waals surface area contributed by atoms with Crippen molar-refractivity contribution in [2.75, 3.05) is 0 Å². The van der Waals surface area contributed by atoms with Gasteiger partial charge < -0.3 is 9.67 Å². The number of aromatic carboxylic acids is 1. The first-order valence-corrected chi connectivity index (χ1v) is 6.50. The number of carbonyl (C=O) groups is 1. The molecule has 0 radical (unpaired) electrons. The van der Waals surface area contributed by atoms with Gasteiger partial charge in [0.15, 0.2) is 5.43 Å². The quantitative estimate of drug-likeness (QED) is 0.830. The average molecular weight is 278 g/mol. The molecule has 1 rings (SSSR count). The lowest BCUT2D eigenvalue weighted by molar-refractivity contribution is 0.0694. The summed E-state index contributed by atoms with van der Waals surface area (Å²) in [6, 6.07) is 1.12. The Morgan fingerprint density at radius 1 is 1.40 bits per heavy atom. The Hall–Kier alpha value is -2.17. The van der Waals surface area contributed by atoms with Crippen LogP contribution in [-0.2, 0) is 0 Å². The number of nitrogens with zero attached hydrogens (tertiary/aromatic N) is 1. The van der Waals surface area contributed by atoms with Gasteiger partial charge in [-0.2, -0.15) is 0 Å². The van der Waals surface area contributed by atoms with Crippen molar-refractivity contribution in [3.63, 3.8) is 0 Å². The van der Waals surface area contributed by atoms with Crippen LogP contribution in [0, 0.1) is 5.41 Å². The van der Waals surface area contributed by atoms with Crippen molar-refractivity contribution in [2.24, 2.45) is 0 Å². The Kier molecular flexibility index (Phi) is 6.62. The molecule has 0 aliphatic heterocycles. The van der Waals surface area contributed by atoms with Crippen LogP contribution in [-0.4, -0.2) is 21.4 Å². The molecule has 0 amide bonds. The Labute approximate surface area is 119 Å². The molecule has 0 saturated carbocycles. The van der Waals surface area contributed by atoms with E-state index in [1.165, 1.54) is 12.3 Å². The van der Waals surface area contributed by atoms with Crippen molar-refractivity contribution >= 4 is 11.7 Å². The number of rotatable bonds is 4. The van der Waals surface area contributed by atoms with E-state index < -0.39 is 11.4 Å². The van der Waals surface area contributed by atoms with Crippen molar-refractivity contribution in [3.8, 4) is 0 Å². The summed E-state index contributed by atoms with van der Waals surface area (Å²) in [6.07, 6.45) is 1.28. The molecule has 0 atom stereocenters. The molecule has 20 heavy (non-hydrogen) atoms. The standard InChI is InChI=1S/C13H16N2O3.C2H6/c1-7(2)12(14)10-5-11(16)9(13(17)18)6-15(10)8(3)4;1-2/h5-6,8,14H,1H2,2-4H3,(H,17,18);1-2H3. The van der Waals surface area contributed by atoms with Gasteiger partial charge in [-0.25, -0.2) is 4.79 Å². The first kappa shape index (κ1) is 17.8. The number of hydrogen-bond donors (Lipinski definition) is 2. The summed E-state index contributed by atoms with van der Waals surface area (Å²) < 4.78 is 1.60. The summed E-state index contributed by atoms with van der Waals surface area (Å²) in [6.45, 7) is 13.0. The van der Waals surface area contributed by atoms with E-state index in [1.807, 2.05) is 27.7 Å². The van der Waals surface area contributed by atoms with Gasteiger partial charge in [0.2, 0.25) is 0 Å². The summed E-state index contributed by atoms with van der Waals surface area (Å²) in [4.78, 5) is 22.6. The van der Waals surface area contributed by atoms with E-state index in [4.69, 9.17) is 10.5 Å². The van der Waals surface area contributed by atoms with Gasteiger partial charge in [0.05, 0.1) is 11.4 Å². The smallest absolute Gasteiger partial charge is 0.341 e. The lowest BCUT2D eigenvalue weighted by atomic mass is 10.1. The third-order valence-corrected chi connectivity index (χ3v) is 2.55. The summed E-state index contributed by atoms with van der Waals surface area (Å²) >= 11 is 0. The van der Waals surface area contributed by atoms with E-state index in [0.717, 1.165) is 0 Å². The number of nitrogens with one attached hydrogen (secondary N) is 1. The zero-order valence-corrected chi connectivity index (χ0v) is 12.7. The van der Waals surface area contributed by atoms with Gasteiger partial charge in [-0.05, 0) is 26.3 Å². The first-order valence-electron chi connectivity index (χ1n) is 6.50. The van der Waals surface area contributed by atoms with Crippen LogP contribution in [0.25, 0.3) is 0 Å². The Morgan fingerprint density at radius 2 is 1.90 bits per heavy atom. The highest BCUT2D eigenvalue weighted by Crippen LogP contribution is 2.13. The van der Waals surface area contributed by atoms with Crippen molar-refractivity contribution in [1.29, 1.82) is 5.41 Å². The minimum Gasteiger partial charge on any atom is -0.477 e. The van der Waals surface area contributed by atoms with E-state index >= 15 is 0 Å². The zero-order chi connectivity index (χ0) is 16.0. The predicted molar refractivity (Wildman–Crippen MR) is 81.0 cm³/mol. The summed E-state index contributed by atoms with van der Waals surface area (Å²) in [5.74, 6) is -1.26. The third kappa shape index (κ3) is 3.91. The number of carboxylic acids is 1. The molecule has 1 aromatic rings. The van der Waals surface area contributed by atoms with Gasteiger partial charge in [0, 0.05) is 18.3 Å². The molecule has 0 spiro atoms. The second-order valence-corrected chi connectivity index (χ2v) is 4.40. The molecule has 0 aliphatic carbocycles. The lowest BCUT2D eigenvalue weighted by Gasteiger charge is -2.18. The minimum atomic E-state index is -1.26. The summed E-state index contributed by atoms with van der Waals surface area (Å²) in [5.41, 5.74) is 0.152. The topological polar surface area (TPSA) is 83.2 Å². The highest BCUT2D eigenvalue weighted by atomic mass is 16.4. The maximum Gasteiger partial charge on any atom is 0.341 e. The molecular weight excluding hydrogens is 256 g/mol. The van der Waals surface area contributed by atoms with Gasteiger partial charge in [0.1, 0.15) is 5.56 Å². The maximum absolute atomic E-state index is 11.7. The fourth-order valence-electron chi connectivity index (χ4n) is 1.56. The fraction of sp³-hybridized carbons (Fsp3) is 0.400. The Morgan fingerprint density at radius 3 is 2.25 bits per heavy atom. The molecule has 110 valence electrons. The first-order chi connectivity index (χ1) is 9.25. The van der Waals surface area contributed by atoms with Crippen LogP contribution in [0.5, 0.6) is 0 Å². The minimum absolute atomic E-state index is 0.0570. The van der Waals surface area contributed by atoms with Crippen LogP contribution in [0.1, 0.15) is 56.7 Å². The van der Waals surface area contributed by atoms with Crippen LogP contribution in [0.2, 0.25) is 0 Å². The molecule has 0 unspecified atom stereocenters. The van der Waals surface area contributed by atoms with E-state index in [1.54, 1.807) is 11.5 Å². The van der Waals surface area contributed by atoms with E-state index in [-0.39, 0.29) is 17.3 Å². The Bertz CT molecular complexity index is 583. The number of aromatic nitrogens is 1. The van der Waals surface area contributed by atoms with E-state index in [9.17, 15) is 9.59 Å². The lowest BCUT2D eigenvalue weighted by Crippen LogP contribution is -2.23. The molecule has 0 aliphatic rings. The van der Waals surface area contributed by atoms with Gasteiger partial charge in [-0.3, -0.25) is 10.2 Å². The maximum atomic E-state index is 11.7. The second kappa shape index (κ2) is 7.43. The van der Waals surface area contributed by atoms with Gasteiger partial charge >= 0.3 is 5.97 Å². The van der Waals surface area contributed by atoms with Crippen molar-refractivity contribution in [1.82, 2.24) is 4.57 Å². The molecule has 0 bridgehead atoms. The molecule has 5 nitrogen and oxygen atoms in total. The fourth-order valence-corrected chi connectivity index (χ4v) is 1.56. The van der Waals surface area contributed by atoms with Crippen molar-refractivity contribution in [2.45, 2.75) is 40.7 Å². The van der Waals surface area contributed by atoms with Crippen LogP contribution in [0.15, 0.2) is 29.2 Å². The van der Waals surface area contributed by atoms with Crippen LogP contribution >= 0.6 is 0 Å². The monoisotopic (exact) mass is 278 g/mol. The SMILES string of the molecule is C=C(C)C(=N)c1cc(=O)c(C(=O)O)cn1C(C)C.CC. The number of pyridine rings is 1. The van der Waals surface area contributed by atoms with Crippen molar-refractivity contribution in [3.05, 3.63) is 45.9 Å². The van der Waals surface area contributed by atoms with E-state index in [0.29, 0.717) is 11.3 Å². The molecular formula is C15H22N2O3. The molecule has 0 fully saturated rings. The highest BCUT2D eigenvalue weighted by molar-refractivity contribution is 6.08. The van der Waals surface area contributed by atoms with Gasteiger partial charge in [-0.1, -0.05) is 20.4 Å².